The summed E-state index contributed by atoms with van der Waals surface area (Å²) in [5.41, 5.74) is 1.76. The second kappa shape index (κ2) is 7.01. The van der Waals surface area contributed by atoms with Crippen LogP contribution < -0.4 is 10.6 Å². The standard InChI is InChI=1S/C12H14N4O2/c1-2-9-4-3-6-14-10(9)8-16-12(18)11(17)15-7-5-13/h3-4,6H,2,7-8H2,1H3,(H,15,17)(H,16,18). The van der Waals surface area contributed by atoms with E-state index in [-0.39, 0.29) is 13.1 Å². The van der Waals surface area contributed by atoms with Crippen LogP contribution in [-0.2, 0) is 22.6 Å². The topological polar surface area (TPSA) is 94.9 Å². The molecular weight excluding hydrogens is 232 g/mol. The molecule has 0 unspecified atom stereocenters. The molecule has 0 saturated carbocycles. The molecule has 0 bridgehead atoms. The largest absolute Gasteiger partial charge is 0.342 e. The summed E-state index contributed by atoms with van der Waals surface area (Å²) < 4.78 is 0. The summed E-state index contributed by atoms with van der Waals surface area (Å²) in [4.78, 5) is 26.7. The lowest BCUT2D eigenvalue weighted by molar-refractivity contribution is -0.139. The van der Waals surface area contributed by atoms with Gasteiger partial charge in [0.15, 0.2) is 0 Å². The van der Waals surface area contributed by atoms with Gasteiger partial charge in [-0.05, 0) is 18.1 Å². The molecule has 0 saturated heterocycles. The molecule has 6 heteroatoms. The first-order valence-electron chi connectivity index (χ1n) is 5.54. The Morgan fingerprint density at radius 1 is 1.39 bits per heavy atom. The number of hydrogen-bond acceptors (Lipinski definition) is 4. The van der Waals surface area contributed by atoms with E-state index in [4.69, 9.17) is 5.26 Å². The summed E-state index contributed by atoms with van der Waals surface area (Å²) in [7, 11) is 0. The quantitative estimate of drug-likeness (QED) is 0.573. The highest BCUT2D eigenvalue weighted by molar-refractivity contribution is 6.35. The smallest absolute Gasteiger partial charge is 0.310 e. The van der Waals surface area contributed by atoms with Gasteiger partial charge in [0.25, 0.3) is 0 Å². The highest BCUT2D eigenvalue weighted by Crippen LogP contribution is 2.05. The maximum absolute atomic E-state index is 11.4. The van der Waals surface area contributed by atoms with Crippen LogP contribution in [0.25, 0.3) is 0 Å². The molecule has 18 heavy (non-hydrogen) atoms. The summed E-state index contributed by atoms with van der Waals surface area (Å²) in [5, 5.41) is 12.9. The van der Waals surface area contributed by atoms with Crippen molar-refractivity contribution in [3.63, 3.8) is 0 Å². The summed E-state index contributed by atoms with van der Waals surface area (Å²) in [5.74, 6) is -1.58. The number of nitriles is 1. The Hall–Kier alpha value is -2.42. The number of rotatable bonds is 4. The molecule has 0 aliphatic carbocycles. The first-order chi connectivity index (χ1) is 8.69. The number of amides is 2. The fraction of sp³-hybridized carbons (Fsp3) is 0.333. The average Bonchev–Trinajstić information content (AvgIpc) is 2.42. The Morgan fingerprint density at radius 2 is 2.11 bits per heavy atom. The Bertz CT molecular complexity index is 479. The van der Waals surface area contributed by atoms with Crippen LogP contribution in [0.5, 0.6) is 0 Å². The Balaban J connectivity index is 2.52. The van der Waals surface area contributed by atoms with E-state index in [0.29, 0.717) is 0 Å². The van der Waals surface area contributed by atoms with Gasteiger partial charge in [0.2, 0.25) is 0 Å². The van der Waals surface area contributed by atoms with E-state index >= 15 is 0 Å². The van der Waals surface area contributed by atoms with Crippen molar-refractivity contribution in [1.29, 1.82) is 5.26 Å². The van der Waals surface area contributed by atoms with E-state index in [0.717, 1.165) is 17.7 Å². The molecule has 0 aliphatic rings. The van der Waals surface area contributed by atoms with Crippen molar-refractivity contribution < 1.29 is 9.59 Å². The lowest BCUT2D eigenvalue weighted by Gasteiger charge is -2.07. The molecule has 2 amide bonds. The zero-order chi connectivity index (χ0) is 13.4. The van der Waals surface area contributed by atoms with Gasteiger partial charge in [0, 0.05) is 6.20 Å². The van der Waals surface area contributed by atoms with Crippen LogP contribution in [0.15, 0.2) is 18.3 Å². The maximum atomic E-state index is 11.4. The molecule has 1 aromatic rings. The molecular formula is C12H14N4O2. The monoisotopic (exact) mass is 246 g/mol. The second-order valence-electron chi connectivity index (χ2n) is 3.49. The molecule has 94 valence electrons. The van der Waals surface area contributed by atoms with Gasteiger partial charge in [-0.1, -0.05) is 13.0 Å². The number of aromatic nitrogens is 1. The van der Waals surface area contributed by atoms with E-state index in [1.807, 2.05) is 19.1 Å². The maximum Gasteiger partial charge on any atom is 0.310 e. The lowest BCUT2D eigenvalue weighted by Crippen LogP contribution is -2.39. The minimum Gasteiger partial charge on any atom is -0.342 e. The van der Waals surface area contributed by atoms with E-state index in [2.05, 4.69) is 15.6 Å². The summed E-state index contributed by atoms with van der Waals surface area (Å²) in [6, 6.07) is 5.47. The summed E-state index contributed by atoms with van der Waals surface area (Å²) in [6.45, 7) is 2.00. The van der Waals surface area contributed by atoms with Crippen LogP contribution in [0, 0.1) is 11.3 Å². The van der Waals surface area contributed by atoms with Crippen LogP contribution >= 0.6 is 0 Å². The van der Waals surface area contributed by atoms with Gasteiger partial charge in [0.1, 0.15) is 6.54 Å². The normalized spacial score (nSPS) is 9.33. The van der Waals surface area contributed by atoms with Crippen LogP contribution in [-0.4, -0.2) is 23.3 Å². The van der Waals surface area contributed by atoms with Crippen LogP contribution in [0.4, 0.5) is 0 Å². The zero-order valence-corrected chi connectivity index (χ0v) is 10.1. The number of nitrogens with one attached hydrogen (secondary N) is 2. The molecule has 2 N–H and O–H groups in total. The van der Waals surface area contributed by atoms with Crippen molar-refractivity contribution >= 4 is 11.8 Å². The van der Waals surface area contributed by atoms with Crippen molar-refractivity contribution in [3.05, 3.63) is 29.6 Å². The minimum atomic E-state index is -0.814. The van der Waals surface area contributed by atoms with Gasteiger partial charge in [0.05, 0.1) is 18.3 Å². The van der Waals surface area contributed by atoms with E-state index in [9.17, 15) is 9.59 Å². The summed E-state index contributed by atoms with van der Waals surface area (Å²) in [6.07, 6.45) is 2.44. The van der Waals surface area contributed by atoms with Crippen molar-refractivity contribution in [3.8, 4) is 6.07 Å². The predicted octanol–water partition coefficient (Wildman–Crippen LogP) is -0.100. The van der Waals surface area contributed by atoms with Gasteiger partial charge in [-0.3, -0.25) is 14.6 Å². The van der Waals surface area contributed by atoms with Crippen LogP contribution in [0.1, 0.15) is 18.2 Å². The minimum absolute atomic E-state index is 0.184. The molecule has 6 nitrogen and oxygen atoms in total. The van der Waals surface area contributed by atoms with Gasteiger partial charge < -0.3 is 10.6 Å². The first-order valence-corrected chi connectivity index (χ1v) is 5.54. The fourth-order valence-electron chi connectivity index (χ4n) is 1.40. The number of hydrogen-bond donors (Lipinski definition) is 2. The van der Waals surface area contributed by atoms with Gasteiger partial charge in [-0.2, -0.15) is 5.26 Å². The van der Waals surface area contributed by atoms with E-state index in [1.54, 1.807) is 12.3 Å². The third kappa shape index (κ3) is 3.87. The molecule has 0 atom stereocenters. The molecule has 0 aliphatic heterocycles. The molecule has 0 radical (unpaired) electrons. The van der Waals surface area contributed by atoms with E-state index < -0.39 is 11.8 Å². The van der Waals surface area contributed by atoms with Gasteiger partial charge >= 0.3 is 11.8 Å². The molecule has 0 aromatic carbocycles. The number of nitrogens with zero attached hydrogens (tertiary/aromatic N) is 2. The third-order valence-corrected chi connectivity index (χ3v) is 2.32. The van der Waals surface area contributed by atoms with Crippen molar-refractivity contribution in [2.24, 2.45) is 0 Å². The highest BCUT2D eigenvalue weighted by atomic mass is 16.2. The average molecular weight is 246 g/mol. The van der Waals surface area contributed by atoms with Crippen molar-refractivity contribution in [2.45, 2.75) is 19.9 Å². The SMILES string of the molecule is CCc1cccnc1CNC(=O)C(=O)NCC#N. The summed E-state index contributed by atoms with van der Waals surface area (Å²) >= 11 is 0. The van der Waals surface area contributed by atoms with Gasteiger partial charge in [-0.25, -0.2) is 0 Å². The van der Waals surface area contributed by atoms with Gasteiger partial charge in [-0.15, -0.1) is 0 Å². The second-order valence-corrected chi connectivity index (χ2v) is 3.49. The van der Waals surface area contributed by atoms with Crippen LogP contribution in [0.3, 0.4) is 0 Å². The Morgan fingerprint density at radius 3 is 2.78 bits per heavy atom. The van der Waals surface area contributed by atoms with Crippen molar-refractivity contribution in [2.75, 3.05) is 6.54 Å². The molecule has 1 heterocycles. The molecule has 0 spiro atoms. The molecule has 1 aromatic heterocycles. The molecule has 0 fully saturated rings. The van der Waals surface area contributed by atoms with Crippen LogP contribution in [0.2, 0.25) is 0 Å². The number of pyridine rings is 1. The van der Waals surface area contributed by atoms with Crippen molar-refractivity contribution in [1.82, 2.24) is 15.6 Å². The predicted molar refractivity (Wildman–Crippen MR) is 64.1 cm³/mol. The molecule has 1 rings (SSSR count). The Kier molecular flexibility index (Phi) is 5.32. The lowest BCUT2D eigenvalue weighted by atomic mass is 10.1. The zero-order valence-electron chi connectivity index (χ0n) is 10.1. The highest BCUT2D eigenvalue weighted by Gasteiger charge is 2.12. The number of carbonyl (C=O) groups is 2. The Labute approximate surface area is 105 Å². The third-order valence-electron chi connectivity index (χ3n) is 2.32. The number of carbonyl (C=O) groups excluding carboxylic acids is 2. The van der Waals surface area contributed by atoms with E-state index in [1.165, 1.54) is 0 Å². The first kappa shape index (κ1) is 13.6. The number of aryl methyl sites for hydroxylation is 1. The fourth-order valence-corrected chi connectivity index (χ4v) is 1.40.